The van der Waals surface area contributed by atoms with Crippen molar-refractivity contribution in [1.82, 2.24) is 9.88 Å². The van der Waals surface area contributed by atoms with Gasteiger partial charge in [-0.25, -0.2) is 0 Å². The van der Waals surface area contributed by atoms with Crippen LogP contribution in [0.25, 0.3) is 0 Å². The first-order valence-corrected chi connectivity index (χ1v) is 6.39. The number of carbonyl (C=O) groups excluding carboxylic acids is 1. The molecule has 2 rings (SSSR count). The lowest BCUT2D eigenvalue weighted by Gasteiger charge is -2.15. The molecule has 0 atom stereocenters. The van der Waals surface area contributed by atoms with E-state index in [9.17, 15) is 4.79 Å². The molecule has 0 aromatic carbocycles. The lowest BCUT2D eigenvalue weighted by Crippen LogP contribution is -2.28. The van der Waals surface area contributed by atoms with Crippen molar-refractivity contribution >= 4 is 17.2 Å². The normalized spacial score (nSPS) is 10.2. The molecule has 0 fully saturated rings. The Balaban J connectivity index is 1.90. The zero-order chi connectivity index (χ0) is 12.1. The van der Waals surface area contributed by atoms with E-state index in [1.54, 1.807) is 11.1 Å². The van der Waals surface area contributed by atoms with E-state index in [4.69, 9.17) is 0 Å². The van der Waals surface area contributed by atoms with Crippen LogP contribution in [0.15, 0.2) is 41.2 Å². The number of thiophene rings is 1. The predicted molar refractivity (Wildman–Crippen MR) is 69.2 cm³/mol. The van der Waals surface area contributed by atoms with E-state index in [1.165, 1.54) is 11.3 Å². The lowest BCUT2D eigenvalue weighted by molar-refractivity contribution is 0.0797. The third kappa shape index (κ3) is 3.14. The summed E-state index contributed by atoms with van der Waals surface area (Å²) in [6, 6.07) is 7.68. The number of rotatable bonds is 4. The monoisotopic (exact) mass is 246 g/mol. The van der Waals surface area contributed by atoms with Crippen LogP contribution in [-0.4, -0.2) is 29.4 Å². The van der Waals surface area contributed by atoms with Gasteiger partial charge in [0, 0.05) is 37.3 Å². The van der Waals surface area contributed by atoms with Gasteiger partial charge in [0.25, 0.3) is 5.91 Å². The molecule has 2 aromatic rings. The number of likely N-dealkylation sites (N-methyl/N-ethyl adjacent to an activating group) is 1. The minimum Gasteiger partial charge on any atom is -0.341 e. The van der Waals surface area contributed by atoms with Crippen LogP contribution in [0.5, 0.6) is 0 Å². The molecule has 3 nitrogen and oxygen atoms in total. The molecule has 0 saturated carbocycles. The summed E-state index contributed by atoms with van der Waals surface area (Å²) in [6.45, 7) is 0.686. The number of pyridine rings is 1. The van der Waals surface area contributed by atoms with Gasteiger partial charge >= 0.3 is 0 Å². The number of carbonyl (C=O) groups is 1. The highest BCUT2D eigenvalue weighted by Gasteiger charge is 2.11. The van der Waals surface area contributed by atoms with E-state index in [0.29, 0.717) is 6.54 Å². The van der Waals surface area contributed by atoms with Gasteiger partial charge < -0.3 is 4.90 Å². The molecule has 0 radical (unpaired) electrons. The average molecular weight is 246 g/mol. The fourth-order valence-corrected chi connectivity index (χ4v) is 2.17. The van der Waals surface area contributed by atoms with E-state index in [1.807, 2.05) is 42.1 Å². The fourth-order valence-electron chi connectivity index (χ4n) is 1.54. The minimum absolute atomic E-state index is 0.0715. The average Bonchev–Trinajstić information content (AvgIpc) is 2.90. The third-order valence-electron chi connectivity index (χ3n) is 2.54. The van der Waals surface area contributed by atoms with Gasteiger partial charge in [-0.2, -0.15) is 11.3 Å². The Morgan fingerprint density at radius 2 is 2.29 bits per heavy atom. The van der Waals surface area contributed by atoms with Crippen LogP contribution < -0.4 is 0 Å². The summed E-state index contributed by atoms with van der Waals surface area (Å²) in [6.07, 6.45) is 2.56. The molecule has 0 aliphatic carbocycles. The van der Waals surface area contributed by atoms with Gasteiger partial charge in [0.15, 0.2) is 0 Å². The first-order valence-electron chi connectivity index (χ1n) is 5.45. The molecular weight excluding hydrogens is 232 g/mol. The maximum Gasteiger partial charge on any atom is 0.254 e. The second-order valence-corrected chi connectivity index (χ2v) is 4.59. The molecule has 1 amide bonds. The highest BCUT2D eigenvalue weighted by Crippen LogP contribution is 2.09. The summed E-state index contributed by atoms with van der Waals surface area (Å²) in [4.78, 5) is 17.9. The Hall–Kier alpha value is -1.68. The quantitative estimate of drug-likeness (QED) is 0.830. The molecule has 2 aromatic heterocycles. The number of amides is 1. The Kier molecular flexibility index (Phi) is 3.88. The Bertz CT molecular complexity index is 467. The Morgan fingerprint density at radius 3 is 2.94 bits per heavy atom. The van der Waals surface area contributed by atoms with Crippen LogP contribution in [0.3, 0.4) is 0 Å². The third-order valence-corrected chi connectivity index (χ3v) is 3.23. The maximum atomic E-state index is 11.9. The van der Waals surface area contributed by atoms with E-state index >= 15 is 0 Å². The molecule has 0 aliphatic rings. The predicted octanol–water partition coefficient (Wildman–Crippen LogP) is 2.46. The van der Waals surface area contributed by atoms with Crippen LogP contribution >= 0.6 is 11.3 Å². The molecule has 0 unspecified atom stereocenters. The molecule has 2 heterocycles. The van der Waals surface area contributed by atoms with E-state index < -0.39 is 0 Å². The van der Waals surface area contributed by atoms with Crippen molar-refractivity contribution in [2.75, 3.05) is 13.6 Å². The van der Waals surface area contributed by atoms with Gasteiger partial charge in [-0.05, 0) is 23.6 Å². The summed E-state index contributed by atoms with van der Waals surface area (Å²) < 4.78 is 0. The van der Waals surface area contributed by atoms with Crippen molar-refractivity contribution < 1.29 is 4.79 Å². The van der Waals surface area contributed by atoms with Crippen molar-refractivity contribution in [2.45, 2.75) is 6.42 Å². The molecule has 88 valence electrons. The largest absolute Gasteiger partial charge is 0.341 e. The van der Waals surface area contributed by atoms with E-state index in [-0.39, 0.29) is 5.91 Å². The highest BCUT2D eigenvalue weighted by atomic mass is 32.1. The van der Waals surface area contributed by atoms with Gasteiger partial charge in [-0.1, -0.05) is 6.07 Å². The van der Waals surface area contributed by atoms with Crippen molar-refractivity contribution in [3.63, 3.8) is 0 Å². The molecule has 0 saturated heterocycles. The molecule has 0 bridgehead atoms. The topological polar surface area (TPSA) is 33.2 Å². The van der Waals surface area contributed by atoms with Crippen LogP contribution in [-0.2, 0) is 6.42 Å². The smallest absolute Gasteiger partial charge is 0.254 e. The minimum atomic E-state index is 0.0715. The second kappa shape index (κ2) is 5.59. The SMILES string of the molecule is CN(CCc1ccccn1)C(=O)c1ccsc1. The standard InChI is InChI=1S/C13H14N2OS/c1-15(13(16)11-6-9-17-10-11)8-5-12-4-2-3-7-14-12/h2-4,6-7,9-10H,5,8H2,1H3. The van der Waals surface area contributed by atoms with Crippen LogP contribution in [0.2, 0.25) is 0 Å². The van der Waals surface area contributed by atoms with Crippen molar-refractivity contribution in [3.05, 3.63) is 52.5 Å². The zero-order valence-electron chi connectivity index (χ0n) is 9.67. The van der Waals surface area contributed by atoms with E-state index in [2.05, 4.69) is 4.98 Å². The number of hydrogen-bond acceptors (Lipinski definition) is 3. The van der Waals surface area contributed by atoms with Crippen molar-refractivity contribution in [3.8, 4) is 0 Å². The van der Waals surface area contributed by atoms with Crippen molar-refractivity contribution in [1.29, 1.82) is 0 Å². The maximum absolute atomic E-state index is 11.9. The number of aromatic nitrogens is 1. The Labute approximate surface area is 105 Å². The van der Waals surface area contributed by atoms with Gasteiger partial charge in [-0.3, -0.25) is 9.78 Å². The molecule has 17 heavy (non-hydrogen) atoms. The first-order chi connectivity index (χ1) is 8.27. The summed E-state index contributed by atoms with van der Waals surface area (Å²) in [5.74, 6) is 0.0715. The van der Waals surface area contributed by atoms with Crippen LogP contribution in [0.4, 0.5) is 0 Å². The lowest BCUT2D eigenvalue weighted by atomic mass is 10.2. The molecule has 0 spiro atoms. The van der Waals surface area contributed by atoms with Gasteiger partial charge in [0.2, 0.25) is 0 Å². The molecule has 0 N–H and O–H groups in total. The second-order valence-electron chi connectivity index (χ2n) is 3.81. The molecule has 4 heteroatoms. The first kappa shape index (κ1) is 11.8. The Morgan fingerprint density at radius 1 is 1.41 bits per heavy atom. The number of hydrogen-bond donors (Lipinski definition) is 0. The zero-order valence-corrected chi connectivity index (χ0v) is 10.5. The van der Waals surface area contributed by atoms with Gasteiger partial charge in [-0.15, -0.1) is 0 Å². The fraction of sp³-hybridized carbons (Fsp3) is 0.231. The van der Waals surface area contributed by atoms with Gasteiger partial charge in [0.1, 0.15) is 0 Å². The van der Waals surface area contributed by atoms with E-state index in [0.717, 1.165) is 17.7 Å². The highest BCUT2D eigenvalue weighted by molar-refractivity contribution is 7.08. The van der Waals surface area contributed by atoms with Crippen LogP contribution in [0.1, 0.15) is 16.1 Å². The van der Waals surface area contributed by atoms with Crippen molar-refractivity contribution in [2.24, 2.45) is 0 Å². The summed E-state index contributed by atoms with van der Waals surface area (Å²) in [7, 11) is 1.82. The number of nitrogens with zero attached hydrogens (tertiary/aromatic N) is 2. The molecule has 0 aliphatic heterocycles. The van der Waals surface area contributed by atoms with Crippen LogP contribution in [0, 0.1) is 0 Å². The summed E-state index contributed by atoms with van der Waals surface area (Å²) >= 11 is 1.54. The molecular formula is C13H14N2OS. The van der Waals surface area contributed by atoms with Gasteiger partial charge in [0.05, 0.1) is 5.56 Å². The summed E-state index contributed by atoms with van der Waals surface area (Å²) in [5.41, 5.74) is 1.77. The summed E-state index contributed by atoms with van der Waals surface area (Å²) in [5, 5.41) is 3.79.